The maximum atomic E-state index is 10.5. The summed E-state index contributed by atoms with van der Waals surface area (Å²) >= 11 is 0. The molecule has 2 aromatic carbocycles. The molecule has 0 aromatic heterocycles. The summed E-state index contributed by atoms with van der Waals surface area (Å²) in [4.78, 5) is 5.34. The number of hydrogen-bond acceptors (Lipinski definition) is 6. The minimum atomic E-state index is -0.708. The zero-order valence-corrected chi connectivity index (χ0v) is 23.5. The Morgan fingerprint density at radius 3 is 2.16 bits per heavy atom. The first-order chi connectivity index (χ1) is 17.6. The van der Waals surface area contributed by atoms with Crippen LogP contribution in [0, 0.1) is 17.2 Å². The molecule has 0 aliphatic carbocycles. The molecule has 0 N–H and O–H groups in total. The summed E-state index contributed by atoms with van der Waals surface area (Å²) in [5.41, 5.74) is 10.6. The van der Waals surface area contributed by atoms with E-state index in [1.807, 2.05) is 24.3 Å². The SMILES string of the molecule is COc1cc(C(C#N)(CCCN(CCc2cccc(N=[N+]=[N-])c2)C(C)(C)C)C(C)C)cc(OC)c1OC. The summed E-state index contributed by atoms with van der Waals surface area (Å²) in [6.45, 7) is 12.5. The van der Waals surface area contributed by atoms with Crippen LogP contribution in [-0.2, 0) is 11.8 Å². The van der Waals surface area contributed by atoms with Gasteiger partial charge in [0, 0.05) is 22.7 Å². The minimum Gasteiger partial charge on any atom is -0.493 e. The molecule has 200 valence electrons. The van der Waals surface area contributed by atoms with Crippen LogP contribution in [0.1, 0.15) is 58.6 Å². The molecule has 1 atom stereocenters. The fourth-order valence-electron chi connectivity index (χ4n) is 4.78. The largest absolute Gasteiger partial charge is 0.493 e. The van der Waals surface area contributed by atoms with Gasteiger partial charge in [0.05, 0.1) is 32.8 Å². The van der Waals surface area contributed by atoms with E-state index < -0.39 is 5.41 Å². The van der Waals surface area contributed by atoms with Crippen molar-refractivity contribution in [3.63, 3.8) is 0 Å². The monoisotopic (exact) mass is 507 g/mol. The smallest absolute Gasteiger partial charge is 0.203 e. The van der Waals surface area contributed by atoms with E-state index in [1.54, 1.807) is 27.4 Å². The average molecular weight is 508 g/mol. The normalized spacial score (nSPS) is 13.0. The standard InChI is InChI=1S/C29H41N5O3/c1-21(2)29(20-30,23-18-25(35-6)27(37-8)26(19-23)36-7)14-10-15-34(28(3,4)5)16-13-22-11-9-12-24(17-22)32-33-31/h9,11-12,17-19,21H,10,13-16H2,1-8H3. The molecule has 0 aliphatic rings. The van der Waals surface area contributed by atoms with Crippen LogP contribution in [0.25, 0.3) is 10.4 Å². The van der Waals surface area contributed by atoms with E-state index >= 15 is 0 Å². The molecule has 8 nitrogen and oxygen atoms in total. The topological polar surface area (TPSA) is 103 Å². The van der Waals surface area contributed by atoms with Gasteiger partial charge in [0.15, 0.2) is 11.5 Å². The molecule has 0 amide bonds. The lowest BCUT2D eigenvalue weighted by Crippen LogP contribution is -2.43. The van der Waals surface area contributed by atoms with Crippen LogP contribution >= 0.6 is 0 Å². The van der Waals surface area contributed by atoms with E-state index in [1.165, 1.54) is 0 Å². The van der Waals surface area contributed by atoms with Gasteiger partial charge in [-0.2, -0.15) is 5.26 Å². The second-order valence-electron chi connectivity index (χ2n) is 10.5. The van der Waals surface area contributed by atoms with Gasteiger partial charge in [-0.05, 0) is 87.4 Å². The van der Waals surface area contributed by atoms with Crippen LogP contribution in [0.15, 0.2) is 41.5 Å². The summed E-state index contributed by atoms with van der Waals surface area (Å²) in [5.74, 6) is 1.70. The average Bonchev–Trinajstić information content (AvgIpc) is 2.87. The fourth-order valence-corrected chi connectivity index (χ4v) is 4.78. The summed E-state index contributed by atoms with van der Waals surface area (Å²) in [6.07, 6.45) is 2.38. The highest BCUT2D eigenvalue weighted by Crippen LogP contribution is 2.45. The van der Waals surface area contributed by atoms with Gasteiger partial charge in [0.25, 0.3) is 0 Å². The molecule has 0 saturated carbocycles. The second-order valence-corrected chi connectivity index (χ2v) is 10.5. The Bertz CT molecular complexity index is 1100. The number of benzene rings is 2. The molecule has 0 saturated heterocycles. The van der Waals surface area contributed by atoms with E-state index in [-0.39, 0.29) is 11.5 Å². The molecule has 2 aromatic rings. The van der Waals surface area contributed by atoms with Gasteiger partial charge in [-0.15, -0.1) is 0 Å². The molecular weight excluding hydrogens is 466 g/mol. The number of ether oxygens (including phenoxy) is 3. The molecular formula is C29H41N5O3. The highest BCUT2D eigenvalue weighted by Gasteiger charge is 2.37. The zero-order valence-electron chi connectivity index (χ0n) is 23.5. The third kappa shape index (κ3) is 7.31. The van der Waals surface area contributed by atoms with Crippen molar-refractivity contribution in [2.24, 2.45) is 11.0 Å². The van der Waals surface area contributed by atoms with Crippen molar-refractivity contribution in [1.29, 1.82) is 5.26 Å². The highest BCUT2D eigenvalue weighted by atomic mass is 16.5. The van der Waals surface area contributed by atoms with Crippen molar-refractivity contribution in [3.8, 4) is 23.3 Å². The van der Waals surface area contributed by atoms with Gasteiger partial charge in [0.1, 0.15) is 0 Å². The Hall–Kier alpha value is -3.40. The number of hydrogen-bond donors (Lipinski definition) is 0. The van der Waals surface area contributed by atoms with E-state index in [0.29, 0.717) is 29.4 Å². The summed E-state index contributed by atoms with van der Waals surface area (Å²) in [7, 11) is 4.76. The molecule has 8 heteroatoms. The Labute approximate surface area is 221 Å². The Kier molecular flexibility index (Phi) is 10.7. The van der Waals surface area contributed by atoms with Crippen LogP contribution in [0.3, 0.4) is 0 Å². The zero-order chi connectivity index (χ0) is 27.6. The van der Waals surface area contributed by atoms with Gasteiger partial charge < -0.3 is 14.2 Å². The first-order valence-corrected chi connectivity index (χ1v) is 12.7. The van der Waals surface area contributed by atoms with E-state index in [2.05, 4.69) is 61.7 Å². The van der Waals surface area contributed by atoms with E-state index in [9.17, 15) is 5.26 Å². The van der Waals surface area contributed by atoms with Gasteiger partial charge in [0.2, 0.25) is 5.75 Å². The number of nitriles is 1. The van der Waals surface area contributed by atoms with Crippen LogP contribution in [-0.4, -0.2) is 44.9 Å². The summed E-state index contributed by atoms with van der Waals surface area (Å²) in [6, 6.07) is 14.2. The molecule has 0 bridgehead atoms. The van der Waals surface area contributed by atoms with Crippen LogP contribution in [0.5, 0.6) is 17.2 Å². The fraction of sp³-hybridized carbons (Fsp3) is 0.552. The lowest BCUT2D eigenvalue weighted by molar-refractivity contribution is 0.131. The van der Waals surface area contributed by atoms with Crippen LogP contribution < -0.4 is 14.2 Å². The van der Waals surface area contributed by atoms with Gasteiger partial charge >= 0.3 is 0 Å². The minimum absolute atomic E-state index is 0.0396. The number of rotatable bonds is 13. The van der Waals surface area contributed by atoms with E-state index in [4.69, 9.17) is 19.7 Å². The first-order valence-electron chi connectivity index (χ1n) is 12.7. The van der Waals surface area contributed by atoms with Gasteiger partial charge in [-0.1, -0.05) is 37.2 Å². The molecule has 1 unspecified atom stereocenters. The number of nitrogens with zero attached hydrogens (tertiary/aromatic N) is 5. The van der Waals surface area contributed by atoms with E-state index in [0.717, 1.165) is 37.1 Å². The third-order valence-electron chi connectivity index (χ3n) is 7.05. The maximum Gasteiger partial charge on any atom is 0.203 e. The van der Waals surface area contributed by atoms with Crippen LogP contribution in [0.2, 0.25) is 0 Å². The van der Waals surface area contributed by atoms with Crippen molar-refractivity contribution >= 4 is 5.69 Å². The van der Waals surface area contributed by atoms with Crippen LogP contribution in [0.4, 0.5) is 5.69 Å². The molecule has 0 aliphatic heterocycles. The molecule has 0 spiro atoms. The second kappa shape index (κ2) is 13.2. The Morgan fingerprint density at radius 1 is 1.03 bits per heavy atom. The molecule has 0 heterocycles. The third-order valence-corrected chi connectivity index (χ3v) is 7.05. The molecule has 0 radical (unpaired) electrons. The summed E-state index contributed by atoms with van der Waals surface area (Å²) in [5, 5.41) is 14.2. The molecule has 0 fully saturated rings. The highest BCUT2D eigenvalue weighted by molar-refractivity contribution is 5.56. The van der Waals surface area contributed by atoms with Crippen molar-refractivity contribution < 1.29 is 14.2 Å². The Balaban J connectivity index is 2.26. The molecule has 37 heavy (non-hydrogen) atoms. The quantitative estimate of drug-likeness (QED) is 0.162. The van der Waals surface area contributed by atoms with Crippen molar-refractivity contribution in [2.45, 2.75) is 64.8 Å². The predicted octanol–water partition coefficient (Wildman–Crippen LogP) is 7.19. The van der Waals surface area contributed by atoms with Crippen molar-refractivity contribution in [1.82, 2.24) is 4.90 Å². The Morgan fingerprint density at radius 2 is 1.68 bits per heavy atom. The lowest BCUT2D eigenvalue weighted by Gasteiger charge is -2.38. The molecule has 2 rings (SSSR count). The number of methoxy groups -OCH3 is 3. The van der Waals surface area contributed by atoms with Crippen molar-refractivity contribution in [3.05, 3.63) is 58.0 Å². The van der Waals surface area contributed by atoms with Gasteiger partial charge in [-0.3, -0.25) is 4.90 Å². The predicted molar refractivity (Wildman–Crippen MR) is 148 cm³/mol. The summed E-state index contributed by atoms with van der Waals surface area (Å²) < 4.78 is 16.6. The van der Waals surface area contributed by atoms with Crippen molar-refractivity contribution in [2.75, 3.05) is 34.4 Å². The maximum absolute atomic E-state index is 10.5. The first kappa shape index (κ1) is 29.8. The van der Waals surface area contributed by atoms with Gasteiger partial charge in [-0.25, -0.2) is 0 Å². The lowest BCUT2D eigenvalue weighted by atomic mass is 9.69. The number of azide groups is 1.